The lowest BCUT2D eigenvalue weighted by Gasteiger charge is -2.14. The molecule has 0 aromatic heterocycles. The Morgan fingerprint density at radius 2 is 1.80 bits per heavy atom. The predicted octanol–water partition coefficient (Wildman–Crippen LogP) is 0.792. The van der Waals surface area contributed by atoms with Crippen LogP contribution in [0, 0.1) is 5.92 Å². The van der Waals surface area contributed by atoms with Crippen molar-refractivity contribution in [2.24, 2.45) is 11.7 Å². The summed E-state index contributed by atoms with van der Waals surface area (Å²) in [4.78, 5) is 23.2. The fourth-order valence-corrected chi connectivity index (χ4v) is 1.77. The van der Waals surface area contributed by atoms with Gasteiger partial charge in [0.15, 0.2) is 0 Å². The lowest BCUT2D eigenvalue weighted by atomic mass is 10.0. The number of nitrogens with two attached hydrogens (primary N) is 1. The van der Waals surface area contributed by atoms with Crippen molar-refractivity contribution in [2.45, 2.75) is 32.9 Å². The molecule has 1 atom stereocenters. The van der Waals surface area contributed by atoms with E-state index in [0.29, 0.717) is 18.9 Å². The Labute approximate surface area is 119 Å². The monoisotopic (exact) mass is 277 g/mol. The van der Waals surface area contributed by atoms with Crippen molar-refractivity contribution in [3.8, 4) is 0 Å². The average Bonchev–Trinajstić information content (AvgIpc) is 2.42. The zero-order valence-corrected chi connectivity index (χ0v) is 12.1. The lowest BCUT2D eigenvalue weighted by molar-refractivity contribution is -0.127. The highest BCUT2D eigenvalue weighted by molar-refractivity contribution is 5.87. The number of rotatable bonds is 7. The molecule has 0 fully saturated rings. The molecule has 0 saturated carbocycles. The molecule has 0 saturated heterocycles. The van der Waals surface area contributed by atoms with Gasteiger partial charge in [0.05, 0.1) is 12.6 Å². The standard InChI is InChI=1S/C15H23N3O2/c1-11(2)8-13(16)15(20)18-10-14(19)17-9-12-6-4-3-5-7-12/h3-7,11,13H,8-10,16H2,1-2H3,(H,17,19)(H,18,20)/t13-/m0/s1. The first-order chi connectivity index (χ1) is 9.49. The maximum absolute atomic E-state index is 11.6. The predicted molar refractivity (Wildman–Crippen MR) is 78.7 cm³/mol. The Bertz CT molecular complexity index is 432. The Hall–Kier alpha value is -1.88. The second-order valence-electron chi connectivity index (χ2n) is 5.22. The molecule has 2 amide bonds. The number of carbonyl (C=O) groups is 2. The highest BCUT2D eigenvalue weighted by Crippen LogP contribution is 2.02. The van der Waals surface area contributed by atoms with Crippen LogP contribution in [0.4, 0.5) is 0 Å². The number of hydrogen-bond acceptors (Lipinski definition) is 3. The van der Waals surface area contributed by atoms with Crippen LogP contribution in [-0.4, -0.2) is 24.4 Å². The summed E-state index contributed by atoms with van der Waals surface area (Å²) in [6.07, 6.45) is 0.609. The first-order valence-electron chi connectivity index (χ1n) is 6.83. The van der Waals surface area contributed by atoms with Gasteiger partial charge < -0.3 is 16.4 Å². The number of hydrogen-bond donors (Lipinski definition) is 3. The molecule has 20 heavy (non-hydrogen) atoms. The molecule has 0 aliphatic heterocycles. The van der Waals surface area contributed by atoms with Gasteiger partial charge in [-0.05, 0) is 17.9 Å². The van der Waals surface area contributed by atoms with Crippen LogP contribution in [-0.2, 0) is 16.1 Å². The second-order valence-corrected chi connectivity index (χ2v) is 5.22. The smallest absolute Gasteiger partial charge is 0.239 e. The largest absolute Gasteiger partial charge is 0.350 e. The third-order valence-electron chi connectivity index (χ3n) is 2.82. The fraction of sp³-hybridized carbons (Fsp3) is 0.467. The molecule has 4 N–H and O–H groups in total. The molecule has 110 valence electrons. The van der Waals surface area contributed by atoms with Gasteiger partial charge in [-0.15, -0.1) is 0 Å². The maximum atomic E-state index is 11.6. The van der Waals surface area contributed by atoms with E-state index >= 15 is 0 Å². The summed E-state index contributed by atoms with van der Waals surface area (Å²) >= 11 is 0. The van der Waals surface area contributed by atoms with Gasteiger partial charge in [0.1, 0.15) is 0 Å². The minimum absolute atomic E-state index is 0.0442. The van der Waals surface area contributed by atoms with Crippen LogP contribution in [0.3, 0.4) is 0 Å². The van der Waals surface area contributed by atoms with E-state index in [0.717, 1.165) is 5.56 Å². The normalized spacial score (nSPS) is 12.0. The maximum Gasteiger partial charge on any atom is 0.239 e. The van der Waals surface area contributed by atoms with E-state index in [1.807, 2.05) is 44.2 Å². The van der Waals surface area contributed by atoms with Crippen LogP contribution in [0.25, 0.3) is 0 Å². The molecule has 0 aliphatic carbocycles. The van der Waals surface area contributed by atoms with E-state index in [4.69, 9.17) is 5.73 Å². The van der Waals surface area contributed by atoms with Crippen LogP contribution in [0.2, 0.25) is 0 Å². The summed E-state index contributed by atoms with van der Waals surface area (Å²) in [6.45, 7) is 4.41. The molecule has 0 unspecified atom stereocenters. The van der Waals surface area contributed by atoms with Crippen LogP contribution in [0.1, 0.15) is 25.8 Å². The molecule has 0 bridgehead atoms. The van der Waals surface area contributed by atoms with Gasteiger partial charge in [0.25, 0.3) is 0 Å². The van der Waals surface area contributed by atoms with Crippen molar-refractivity contribution < 1.29 is 9.59 Å². The first kappa shape index (κ1) is 16.2. The highest BCUT2D eigenvalue weighted by atomic mass is 16.2. The van der Waals surface area contributed by atoms with Crippen molar-refractivity contribution in [2.75, 3.05) is 6.54 Å². The quantitative estimate of drug-likeness (QED) is 0.689. The van der Waals surface area contributed by atoms with Gasteiger partial charge in [0.2, 0.25) is 11.8 Å². The first-order valence-corrected chi connectivity index (χ1v) is 6.83. The van der Waals surface area contributed by atoms with Gasteiger partial charge in [0, 0.05) is 6.54 Å². The van der Waals surface area contributed by atoms with E-state index in [9.17, 15) is 9.59 Å². The average molecular weight is 277 g/mol. The number of benzene rings is 1. The minimum atomic E-state index is -0.558. The van der Waals surface area contributed by atoms with Gasteiger partial charge >= 0.3 is 0 Å². The van der Waals surface area contributed by atoms with Crippen molar-refractivity contribution in [1.29, 1.82) is 0 Å². The molecule has 1 aromatic rings. The molecule has 0 heterocycles. The molecular formula is C15H23N3O2. The molecule has 5 nitrogen and oxygen atoms in total. The molecule has 5 heteroatoms. The molecular weight excluding hydrogens is 254 g/mol. The molecule has 0 radical (unpaired) electrons. The summed E-state index contributed by atoms with van der Waals surface area (Å²) in [5.41, 5.74) is 6.74. The van der Waals surface area contributed by atoms with E-state index in [1.165, 1.54) is 0 Å². The summed E-state index contributed by atoms with van der Waals surface area (Å²) in [5, 5.41) is 5.29. The van der Waals surface area contributed by atoms with Gasteiger partial charge in [-0.25, -0.2) is 0 Å². The molecule has 1 rings (SSSR count). The van der Waals surface area contributed by atoms with Crippen molar-refractivity contribution in [1.82, 2.24) is 10.6 Å². The fourth-order valence-electron chi connectivity index (χ4n) is 1.77. The van der Waals surface area contributed by atoms with Crippen LogP contribution in [0.15, 0.2) is 30.3 Å². The third kappa shape index (κ3) is 6.33. The minimum Gasteiger partial charge on any atom is -0.350 e. The van der Waals surface area contributed by atoms with Gasteiger partial charge in [-0.1, -0.05) is 44.2 Å². The number of carbonyl (C=O) groups excluding carboxylic acids is 2. The second kappa shape index (κ2) is 8.32. The van der Waals surface area contributed by atoms with E-state index < -0.39 is 6.04 Å². The van der Waals surface area contributed by atoms with Crippen molar-refractivity contribution >= 4 is 11.8 Å². The number of nitrogens with one attached hydrogen (secondary N) is 2. The summed E-state index contributed by atoms with van der Waals surface area (Å²) in [5.74, 6) is -0.157. The zero-order valence-electron chi connectivity index (χ0n) is 12.1. The Balaban J connectivity index is 2.24. The zero-order chi connectivity index (χ0) is 15.0. The van der Waals surface area contributed by atoms with E-state index in [1.54, 1.807) is 0 Å². The topological polar surface area (TPSA) is 84.2 Å². The number of amides is 2. The molecule has 1 aromatic carbocycles. The van der Waals surface area contributed by atoms with E-state index in [2.05, 4.69) is 10.6 Å². The highest BCUT2D eigenvalue weighted by Gasteiger charge is 2.15. The lowest BCUT2D eigenvalue weighted by Crippen LogP contribution is -2.45. The van der Waals surface area contributed by atoms with Crippen molar-refractivity contribution in [3.05, 3.63) is 35.9 Å². The SMILES string of the molecule is CC(C)C[C@H](N)C(=O)NCC(=O)NCc1ccccc1. The van der Waals surface area contributed by atoms with Gasteiger partial charge in [-0.2, -0.15) is 0 Å². The van der Waals surface area contributed by atoms with E-state index in [-0.39, 0.29) is 18.4 Å². The van der Waals surface area contributed by atoms with Crippen LogP contribution < -0.4 is 16.4 Å². The van der Waals surface area contributed by atoms with Crippen LogP contribution in [0.5, 0.6) is 0 Å². The summed E-state index contributed by atoms with van der Waals surface area (Å²) < 4.78 is 0. The third-order valence-corrected chi connectivity index (χ3v) is 2.82. The Kier molecular flexibility index (Phi) is 6.73. The molecule has 0 aliphatic rings. The van der Waals surface area contributed by atoms with Gasteiger partial charge in [-0.3, -0.25) is 9.59 Å². The Morgan fingerprint density at radius 1 is 1.15 bits per heavy atom. The Morgan fingerprint density at radius 3 is 2.40 bits per heavy atom. The molecule has 0 spiro atoms. The summed E-state index contributed by atoms with van der Waals surface area (Å²) in [7, 11) is 0. The van der Waals surface area contributed by atoms with Crippen molar-refractivity contribution in [3.63, 3.8) is 0 Å². The summed E-state index contributed by atoms with van der Waals surface area (Å²) in [6, 6.07) is 9.04. The van der Waals surface area contributed by atoms with Crippen LogP contribution >= 0.6 is 0 Å².